The minimum absolute atomic E-state index is 0.0611. The second-order valence-corrected chi connectivity index (χ2v) is 3.75. The number of rotatable bonds is 5. The molecule has 1 aromatic carbocycles. The second-order valence-electron chi connectivity index (χ2n) is 3.75. The molecule has 0 aliphatic carbocycles. The minimum atomic E-state index is -0.0611. The average molecular weight is 229 g/mol. The third-order valence-electron chi connectivity index (χ3n) is 2.46. The van der Waals surface area contributed by atoms with E-state index >= 15 is 0 Å². The summed E-state index contributed by atoms with van der Waals surface area (Å²) in [4.78, 5) is 11.4. The molecule has 0 aliphatic heterocycles. The van der Waals surface area contributed by atoms with Gasteiger partial charge in [0.2, 0.25) is 0 Å². The van der Waals surface area contributed by atoms with Gasteiger partial charge in [-0.2, -0.15) is 5.10 Å². The molecule has 2 rings (SSSR count). The van der Waals surface area contributed by atoms with Gasteiger partial charge in [-0.25, -0.2) is 4.68 Å². The number of aromatic nitrogens is 2. The maximum absolute atomic E-state index is 11.4. The molecule has 88 valence electrons. The Balaban J connectivity index is 1.78. The lowest BCUT2D eigenvalue weighted by Gasteiger charge is -2.05. The SMILES string of the molecule is O=c1cccnn1CCNCc1ccccc1. The Morgan fingerprint density at radius 3 is 2.71 bits per heavy atom. The van der Waals surface area contributed by atoms with Crippen molar-refractivity contribution >= 4 is 0 Å². The van der Waals surface area contributed by atoms with Crippen molar-refractivity contribution in [1.82, 2.24) is 15.1 Å². The fraction of sp³-hybridized carbons (Fsp3) is 0.231. The highest BCUT2D eigenvalue weighted by atomic mass is 16.1. The van der Waals surface area contributed by atoms with Gasteiger partial charge in [0.15, 0.2) is 0 Å². The van der Waals surface area contributed by atoms with Crippen LogP contribution in [-0.2, 0) is 13.1 Å². The summed E-state index contributed by atoms with van der Waals surface area (Å²) in [7, 11) is 0. The Labute approximate surface area is 99.9 Å². The first-order chi connectivity index (χ1) is 8.36. The molecule has 0 radical (unpaired) electrons. The lowest BCUT2D eigenvalue weighted by Crippen LogP contribution is -2.27. The summed E-state index contributed by atoms with van der Waals surface area (Å²) in [6, 6.07) is 13.3. The van der Waals surface area contributed by atoms with E-state index in [9.17, 15) is 4.79 Å². The topological polar surface area (TPSA) is 46.9 Å². The quantitative estimate of drug-likeness (QED) is 0.779. The van der Waals surface area contributed by atoms with E-state index < -0.39 is 0 Å². The van der Waals surface area contributed by atoms with Gasteiger partial charge in [0.1, 0.15) is 0 Å². The normalized spacial score (nSPS) is 10.4. The van der Waals surface area contributed by atoms with Gasteiger partial charge >= 0.3 is 0 Å². The van der Waals surface area contributed by atoms with Crippen LogP contribution in [0.4, 0.5) is 0 Å². The van der Waals surface area contributed by atoms with Crippen LogP contribution in [0.2, 0.25) is 0 Å². The molecule has 1 heterocycles. The highest BCUT2D eigenvalue weighted by molar-refractivity contribution is 5.14. The number of nitrogens with one attached hydrogen (secondary N) is 1. The molecule has 0 atom stereocenters. The number of benzene rings is 1. The van der Waals surface area contributed by atoms with Crippen molar-refractivity contribution in [2.24, 2.45) is 0 Å². The molecule has 0 bridgehead atoms. The van der Waals surface area contributed by atoms with E-state index in [0.717, 1.165) is 13.1 Å². The third-order valence-corrected chi connectivity index (χ3v) is 2.46. The van der Waals surface area contributed by atoms with Crippen LogP contribution in [0.1, 0.15) is 5.56 Å². The van der Waals surface area contributed by atoms with Gasteiger partial charge in [-0.15, -0.1) is 0 Å². The summed E-state index contributed by atoms with van der Waals surface area (Å²) >= 11 is 0. The van der Waals surface area contributed by atoms with Gasteiger partial charge in [-0.3, -0.25) is 4.79 Å². The van der Waals surface area contributed by atoms with Crippen molar-refractivity contribution in [3.05, 3.63) is 64.6 Å². The first-order valence-electron chi connectivity index (χ1n) is 5.63. The zero-order valence-electron chi connectivity index (χ0n) is 9.54. The van der Waals surface area contributed by atoms with Crippen LogP contribution in [0, 0.1) is 0 Å². The maximum atomic E-state index is 11.4. The molecule has 1 N–H and O–H groups in total. The molecule has 0 unspecified atom stereocenters. The summed E-state index contributed by atoms with van der Waals surface area (Å²) in [5.74, 6) is 0. The maximum Gasteiger partial charge on any atom is 0.266 e. The lowest BCUT2D eigenvalue weighted by atomic mass is 10.2. The van der Waals surface area contributed by atoms with E-state index in [1.807, 2.05) is 18.2 Å². The largest absolute Gasteiger partial charge is 0.311 e. The molecular formula is C13H15N3O. The number of hydrogen-bond acceptors (Lipinski definition) is 3. The van der Waals surface area contributed by atoms with Crippen LogP contribution < -0.4 is 10.9 Å². The van der Waals surface area contributed by atoms with Crippen LogP contribution in [0.15, 0.2) is 53.5 Å². The fourth-order valence-electron chi connectivity index (χ4n) is 1.57. The smallest absolute Gasteiger partial charge is 0.266 e. The van der Waals surface area contributed by atoms with Gasteiger partial charge in [0.05, 0.1) is 6.54 Å². The molecule has 4 heteroatoms. The van der Waals surface area contributed by atoms with E-state index in [4.69, 9.17) is 0 Å². The van der Waals surface area contributed by atoms with Gasteiger partial charge in [-0.1, -0.05) is 30.3 Å². The fourth-order valence-corrected chi connectivity index (χ4v) is 1.57. The Bertz CT molecular complexity index is 507. The molecule has 0 aliphatic rings. The Morgan fingerprint density at radius 1 is 1.12 bits per heavy atom. The molecule has 2 aromatic rings. The van der Waals surface area contributed by atoms with Crippen molar-refractivity contribution in [3.63, 3.8) is 0 Å². The van der Waals surface area contributed by atoms with E-state index in [1.54, 1.807) is 12.3 Å². The van der Waals surface area contributed by atoms with E-state index in [2.05, 4.69) is 22.5 Å². The van der Waals surface area contributed by atoms with Crippen LogP contribution >= 0.6 is 0 Å². The number of nitrogens with zero attached hydrogens (tertiary/aromatic N) is 2. The molecule has 0 spiro atoms. The zero-order valence-corrected chi connectivity index (χ0v) is 9.54. The molecule has 0 saturated carbocycles. The van der Waals surface area contributed by atoms with Crippen molar-refractivity contribution in [2.45, 2.75) is 13.1 Å². The van der Waals surface area contributed by atoms with Gasteiger partial charge in [0.25, 0.3) is 5.56 Å². The first-order valence-corrected chi connectivity index (χ1v) is 5.63. The van der Waals surface area contributed by atoms with Crippen molar-refractivity contribution in [2.75, 3.05) is 6.54 Å². The third kappa shape index (κ3) is 3.53. The summed E-state index contributed by atoms with van der Waals surface area (Å²) in [5, 5.41) is 7.26. The van der Waals surface area contributed by atoms with E-state index in [1.165, 1.54) is 16.3 Å². The number of hydrogen-bond donors (Lipinski definition) is 1. The van der Waals surface area contributed by atoms with Crippen molar-refractivity contribution in [1.29, 1.82) is 0 Å². The highest BCUT2D eigenvalue weighted by Crippen LogP contribution is 1.96. The average Bonchev–Trinajstić information content (AvgIpc) is 2.38. The molecule has 17 heavy (non-hydrogen) atoms. The summed E-state index contributed by atoms with van der Waals surface area (Å²) in [6.07, 6.45) is 1.62. The van der Waals surface area contributed by atoms with Crippen LogP contribution in [0.25, 0.3) is 0 Å². The Morgan fingerprint density at radius 2 is 1.94 bits per heavy atom. The molecule has 0 amide bonds. The monoisotopic (exact) mass is 229 g/mol. The minimum Gasteiger partial charge on any atom is -0.311 e. The molecular weight excluding hydrogens is 214 g/mol. The first kappa shape index (κ1) is 11.5. The molecule has 0 fully saturated rings. The van der Waals surface area contributed by atoms with Crippen LogP contribution in [0.5, 0.6) is 0 Å². The van der Waals surface area contributed by atoms with E-state index in [0.29, 0.717) is 6.54 Å². The predicted octanol–water partition coefficient (Wildman–Crippen LogP) is 1.03. The van der Waals surface area contributed by atoms with Crippen LogP contribution in [-0.4, -0.2) is 16.3 Å². The van der Waals surface area contributed by atoms with Crippen molar-refractivity contribution in [3.8, 4) is 0 Å². The highest BCUT2D eigenvalue weighted by Gasteiger charge is 1.95. The molecule has 4 nitrogen and oxygen atoms in total. The van der Waals surface area contributed by atoms with Gasteiger partial charge in [0, 0.05) is 25.4 Å². The molecule has 1 aromatic heterocycles. The standard InChI is InChI=1S/C13H15N3O/c17-13-7-4-8-15-16(13)10-9-14-11-12-5-2-1-3-6-12/h1-8,14H,9-11H2. The predicted molar refractivity (Wildman–Crippen MR) is 66.6 cm³/mol. The summed E-state index contributed by atoms with van der Waals surface area (Å²) in [6.45, 7) is 2.13. The summed E-state index contributed by atoms with van der Waals surface area (Å²) in [5.41, 5.74) is 1.18. The lowest BCUT2D eigenvalue weighted by molar-refractivity contribution is 0.531. The molecule has 0 saturated heterocycles. The Hall–Kier alpha value is -1.94. The second kappa shape index (κ2) is 5.96. The van der Waals surface area contributed by atoms with Crippen molar-refractivity contribution < 1.29 is 0 Å². The zero-order chi connectivity index (χ0) is 11.9. The van der Waals surface area contributed by atoms with Gasteiger partial charge in [-0.05, 0) is 11.6 Å². The van der Waals surface area contributed by atoms with Crippen LogP contribution in [0.3, 0.4) is 0 Å². The van der Waals surface area contributed by atoms with E-state index in [-0.39, 0.29) is 5.56 Å². The summed E-state index contributed by atoms with van der Waals surface area (Å²) < 4.78 is 1.46. The van der Waals surface area contributed by atoms with Gasteiger partial charge < -0.3 is 5.32 Å². The Kier molecular flexibility index (Phi) is 4.05.